The fraction of sp³-hybridized carbons (Fsp3) is 0.462. The summed E-state index contributed by atoms with van der Waals surface area (Å²) in [5, 5.41) is 10.8. The maximum Gasteiger partial charge on any atom is 0.495 e. The van der Waals surface area contributed by atoms with Gasteiger partial charge in [-0.25, -0.2) is 0 Å². The number of ether oxygens (including phenoxy) is 1. The normalized spacial score (nSPS) is 17.8. The number of carbonyl (C=O) groups excluding carboxylic acids is 1. The molecule has 2 aromatic carbocycles. The fourth-order valence-corrected chi connectivity index (χ4v) is 3.58. The number of hydrogen-bond acceptors (Lipinski definition) is 4. The third-order valence-corrected chi connectivity index (χ3v) is 6.42. The molecular formula is C26H35BNO5+. The maximum atomic E-state index is 11.6. The lowest BCUT2D eigenvalue weighted by Crippen LogP contribution is -2.68. The molecule has 0 aliphatic carbocycles. The minimum atomic E-state index is -0.629. The van der Waals surface area contributed by atoms with Crippen molar-refractivity contribution in [2.24, 2.45) is 0 Å². The molecule has 0 radical (unpaired) electrons. The van der Waals surface area contributed by atoms with E-state index in [2.05, 4.69) is 25.8 Å². The number of rotatable bonds is 5. The Morgan fingerprint density at radius 3 is 2.12 bits per heavy atom. The van der Waals surface area contributed by atoms with E-state index in [0.29, 0.717) is 16.8 Å². The van der Waals surface area contributed by atoms with Crippen LogP contribution in [0.15, 0.2) is 42.5 Å². The molecule has 33 heavy (non-hydrogen) atoms. The van der Waals surface area contributed by atoms with Crippen LogP contribution >= 0.6 is 0 Å². The van der Waals surface area contributed by atoms with Gasteiger partial charge in [-0.15, -0.1) is 0 Å². The average Bonchev–Trinajstić information content (AvgIpc) is 2.93. The van der Waals surface area contributed by atoms with E-state index < -0.39 is 24.3 Å². The molecule has 1 saturated heterocycles. The summed E-state index contributed by atoms with van der Waals surface area (Å²) in [6.07, 6.45) is 0. The van der Waals surface area contributed by atoms with E-state index in [1.807, 2.05) is 70.2 Å². The first kappa shape index (κ1) is 25.0. The highest BCUT2D eigenvalue weighted by Gasteiger charge is 2.52. The Hall–Kier alpha value is -2.64. The fourth-order valence-electron chi connectivity index (χ4n) is 3.58. The van der Waals surface area contributed by atoms with Crippen LogP contribution in [-0.4, -0.2) is 35.3 Å². The van der Waals surface area contributed by atoms with Crippen LogP contribution < -0.4 is 10.5 Å². The number of carbonyl (C=O) groups is 1. The molecule has 176 valence electrons. The van der Waals surface area contributed by atoms with Gasteiger partial charge in [-0.1, -0.05) is 45.0 Å². The molecule has 0 aromatic heterocycles. The quantitative estimate of drug-likeness (QED) is 0.316. The standard InChI is InChI=1S/C26H34BNO5/c1-17(29)31-16-20-21(27-32-25(5,6)26(7,8)33-27)10-9-11-22(20)28-23(30)18-12-14-19(15-13-18)24(2,3)4/h9-15H,16H2,1-8H3,(H,28,30)/p+1. The number of benzene rings is 2. The smallest absolute Gasteiger partial charge is 0.461 e. The zero-order valence-corrected chi connectivity index (χ0v) is 20.9. The second-order valence-corrected chi connectivity index (χ2v) is 10.5. The van der Waals surface area contributed by atoms with Gasteiger partial charge in [-0.3, -0.25) is 4.79 Å². The van der Waals surface area contributed by atoms with Crippen molar-refractivity contribution in [3.8, 4) is 0 Å². The summed E-state index contributed by atoms with van der Waals surface area (Å²) in [7, 11) is -0.629. The van der Waals surface area contributed by atoms with Crippen LogP contribution in [-0.2, 0) is 30.9 Å². The van der Waals surface area contributed by atoms with Gasteiger partial charge in [-0.05, 0) is 56.3 Å². The molecule has 7 heteroatoms. The SMILES string of the molecule is CC(=O)OCc1c([NH+]=C(O)c2ccc(C(C)(C)C)cc2)cccc1B1OC(C)(C)C(C)(C)O1. The number of hydrogen-bond donors (Lipinski definition) is 2. The Morgan fingerprint density at radius 1 is 1.03 bits per heavy atom. The molecule has 1 aliphatic rings. The Balaban J connectivity index is 2.01. The third-order valence-electron chi connectivity index (χ3n) is 6.42. The summed E-state index contributed by atoms with van der Waals surface area (Å²) in [6.45, 7) is 15.8. The van der Waals surface area contributed by atoms with Crippen LogP contribution in [0.3, 0.4) is 0 Å². The van der Waals surface area contributed by atoms with Crippen molar-refractivity contribution in [3.63, 3.8) is 0 Å². The molecule has 0 amide bonds. The molecular weight excluding hydrogens is 417 g/mol. The predicted octanol–water partition coefficient (Wildman–Crippen LogP) is 3.06. The van der Waals surface area contributed by atoms with Crippen molar-refractivity contribution in [2.75, 3.05) is 0 Å². The molecule has 1 aliphatic heterocycles. The van der Waals surface area contributed by atoms with Gasteiger partial charge < -0.3 is 19.2 Å². The van der Waals surface area contributed by atoms with Crippen LogP contribution in [0.5, 0.6) is 0 Å². The molecule has 0 saturated carbocycles. The second-order valence-electron chi connectivity index (χ2n) is 10.5. The van der Waals surface area contributed by atoms with Gasteiger partial charge in [0, 0.05) is 13.0 Å². The van der Waals surface area contributed by atoms with E-state index in [-0.39, 0.29) is 17.9 Å². The lowest BCUT2D eigenvalue weighted by Gasteiger charge is -2.32. The number of aliphatic hydroxyl groups excluding tert-OH is 1. The molecule has 0 bridgehead atoms. The van der Waals surface area contributed by atoms with Crippen molar-refractivity contribution in [1.29, 1.82) is 0 Å². The lowest BCUT2D eigenvalue weighted by atomic mass is 9.75. The van der Waals surface area contributed by atoms with Crippen molar-refractivity contribution < 1.29 is 28.9 Å². The van der Waals surface area contributed by atoms with E-state index in [4.69, 9.17) is 14.0 Å². The molecule has 0 unspecified atom stereocenters. The van der Waals surface area contributed by atoms with Gasteiger partial charge in [-0.2, -0.15) is 4.99 Å². The topological polar surface area (TPSA) is 79.0 Å². The highest BCUT2D eigenvalue weighted by molar-refractivity contribution is 6.62. The second kappa shape index (κ2) is 8.95. The molecule has 1 fully saturated rings. The lowest BCUT2D eigenvalue weighted by molar-refractivity contribution is -0.365. The average molecular weight is 452 g/mol. The van der Waals surface area contributed by atoms with Crippen molar-refractivity contribution >= 4 is 30.1 Å². The Morgan fingerprint density at radius 2 is 1.61 bits per heavy atom. The first-order chi connectivity index (χ1) is 15.2. The minimum absolute atomic E-state index is 0.00519. The molecule has 1 heterocycles. The maximum absolute atomic E-state index is 11.6. The van der Waals surface area contributed by atoms with E-state index in [0.717, 1.165) is 5.46 Å². The highest BCUT2D eigenvalue weighted by atomic mass is 16.7. The molecule has 3 rings (SSSR count). The van der Waals surface area contributed by atoms with E-state index in [1.165, 1.54) is 12.5 Å². The van der Waals surface area contributed by atoms with E-state index in [1.54, 1.807) is 0 Å². The number of aliphatic hydroxyl groups is 1. The molecule has 2 aromatic rings. The zero-order valence-electron chi connectivity index (χ0n) is 20.9. The summed E-state index contributed by atoms with van der Waals surface area (Å²) in [4.78, 5) is 14.6. The van der Waals surface area contributed by atoms with Gasteiger partial charge in [0.25, 0.3) is 0 Å². The summed E-state index contributed by atoms with van der Waals surface area (Å²) >= 11 is 0. The summed E-state index contributed by atoms with van der Waals surface area (Å²) < 4.78 is 17.8. The molecule has 6 nitrogen and oxygen atoms in total. The first-order valence-corrected chi connectivity index (χ1v) is 11.3. The van der Waals surface area contributed by atoms with Crippen LogP contribution in [0.1, 0.15) is 72.1 Å². The number of esters is 1. The van der Waals surface area contributed by atoms with Gasteiger partial charge in [0.15, 0.2) is 0 Å². The predicted molar refractivity (Wildman–Crippen MR) is 130 cm³/mol. The van der Waals surface area contributed by atoms with Crippen molar-refractivity contribution in [2.45, 2.75) is 78.6 Å². The van der Waals surface area contributed by atoms with Gasteiger partial charge >= 0.3 is 19.0 Å². The monoisotopic (exact) mass is 452 g/mol. The Kier molecular flexibility index (Phi) is 6.78. The molecule has 0 spiro atoms. The summed E-state index contributed by atoms with van der Waals surface area (Å²) in [5.41, 5.74) is 2.88. The Bertz CT molecular complexity index is 1040. The molecule has 0 atom stereocenters. The van der Waals surface area contributed by atoms with Gasteiger partial charge in [0.05, 0.1) is 22.3 Å². The van der Waals surface area contributed by atoms with Crippen LogP contribution in [0, 0.1) is 0 Å². The summed E-state index contributed by atoms with van der Waals surface area (Å²) in [6, 6.07) is 13.4. The van der Waals surface area contributed by atoms with Crippen molar-refractivity contribution in [1.82, 2.24) is 0 Å². The van der Waals surface area contributed by atoms with Gasteiger partial charge in [0.1, 0.15) is 6.61 Å². The molecule has 2 N–H and O–H groups in total. The summed E-state index contributed by atoms with van der Waals surface area (Å²) in [5.74, 6) is -0.388. The van der Waals surface area contributed by atoms with E-state index >= 15 is 0 Å². The number of nitrogens with one attached hydrogen (secondary N) is 1. The van der Waals surface area contributed by atoms with Crippen LogP contribution in [0.25, 0.3) is 0 Å². The first-order valence-electron chi connectivity index (χ1n) is 11.3. The minimum Gasteiger partial charge on any atom is -0.461 e. The zero-order chi connectivity index (χ0) is 24.6. The van der Waals surface area contributed by atoms with E-state index in [9.17, 15) is 9.90 Å². The van der Waals surface area contributed by atoms with Crippen molar-refractivity contribution in [3.05, 3.63) is 59.2 Å². The third kappa shape index (κ3) is 5.48. The largest absolute Gasteiger partial charge is 0.495 e. The van der Waals surface area contributed by atoms with Crippen LogP contribution in [0.4, 0.5) is 5.69 Å². The highest BCUT2D eigenvalue weighted by Crippen LogP contribution is 2.37. The Labute approximate surface area is 197 Å². The van der Waals surface area contributed by atoms with Gasteiger partial charge in [0.2, 0.25) is 5.69 Å². The van der Waals surface area contributed by atoms with Crippen LogP contribution in [0.2, 0.25) is 0 Å².